The van der Waals surface area contributed by atoms with Crippen LogP contribution >= 0.6 is 11.3 Å². The third kappa shape index (κ3) is 2.02. The minimum absolute atomic E-state index is 0.0158. The van der Waals surface area contributed by atoms with Gasteiger partial charge in [-0.05, 0) is 34.9 Å². The number of carbonyl (C=O) groups is 1. The first-order valence-electron chi connectivity index (χ1n) is 6.43. The Bertz CT molecular complexity index is 674. The van der Waals surface area contributed by atoms with Gasteiger partial charge in [-0.1, -0.05) is 24.3 Å². The summed E-state index contributed by atoms with van der Waals surface area (Å²) in [5.74, 6) is 0.572. The van der Waals surface area contributed by atoms with E-state index < -0.39 is 6.10 Å². The fourth-order valence-corrected chi connectivity index (χ4v) is 3.08. The Morgan fingerprint density at radius 2 is 2.05 bits per heavy atom. The highest BCUT2D eigenvalue weighted by atomic mass is 32.1. The van der Waals surface area contributed by atoms with Gasteiger partial charge in [-0.2, -0.15) is 11.3 Å². The highest BCUT2D eigenvalue weighted by Gasteiger charge is 2.37. The molecule has 1 aromatic heterocycles. The summed E-state index contributed by atoms with van der Waals surface area (Å²) in [6.07, 6.45) is -0.529. The number of rotatable bonds is 3. The minimum atomic E-state index is -0.529. The van der Waals surface area contributed by atoms with Crippen molar-refractivity contribution < 1.29 is 9.53 Å². The van der Waals surface area contributed by atoms with E-state index >= 15 is 0 Å². The molecule has 0 spiro atoms. The molecule has 3 rings (SSSR count). The normalized spacial score (nSPS) is 18.3. The van der Waals surface area contributed by atoms with E-state index in [-0.39, 0.29) is 5.78 Å². The number of ketones is 1. The van der Waals surface area contributed by atoms with Crippen molar-refractivity contribution in [3.8, 4) is 0 Å². The first kappa shape index (κ1) is 12.9. The average Bonchev–Trinajstić information content (AvgIpc) is 3.07. The number of hydrogen-bond donors (Lipinski definition) is 1. The summed E-state index contributed by atoms with van der Waals surface area (Å²) in [4.78, 5) is 12.7. The number of thiophene rings is 1. The van der Waals surface area contributed by atoms with Crippen LogP contribution in [0.25, 0.3) is 5.57 Å². The summed E-state index contributed by atoms with van der Waals surface area (Å²) in [7, 11) is 1.77. The van der Waals surface area contributed by atoms with Crippen LogP contribution in [0.1, 0.15) is 22.8 Å². The Hall–Kier alpha value is -2.07. The Balaban J connectivity index is 2.05. The zero-order valence-electron chi connectivity index (χ0n) is 11.3. The molecule has 1 unspecified atom stereocenters. The molecule has 3 nitrogen and oxygen atoms in total. The number of benzene rings is 1. The van der Waals surface area contributed by atoms with Crippen LogP contribution in [0.2, 0.25) is 0 Å². The molecule has 102 valence electrons. The molecule has 0 radical (unpaired) electrons. The summed E-state index contributed by atoms with van der Waals surface area (Å²) in [5.41, 5.74) is 3.55. The van der Waals surface area contributed by atoms with Gasteiger partial charge in [0.2, 0.25) is 5.78 Å². The van der Waals surface area contributed by atoms with Gasteiger partial charge < -0.3 is 10.1 Å². The molecule has 1 N–H and O–H groups in total. The second-order valence-electron chi connectivity index (χ2n) is 4.69. The molecule has 2 aromatic rings. The van der Waals surface area contributed by atoms with Gasteiger partial charge in [0.1, 0.15) is 0 Å². The third-order valence-electron chi connectivity index (χ3n) is 3.43. The number of hydrogen-bond acceptors (Lipinski definition) is 4. The van der Waals surface area contributed by atoms with Gasteiger partial charge in [-0.15, -0.1) is 0 Å². The maximum atomic E-state index is 12.7. The van der Waals surface area contributed by atoms with Crippen molar-refractivity contribution in [3.05, 3.63) is 63.7 Å². The number of carbonyl (C=O) groups excluding carboxylic acids is 1. The lowest BCUT2D eigenvalue weighted by Crippen LogP contribution is -2.09. The van der Waals surface area contributed by atoms with Crippen LogP contribution in [-0.2, 0) is 9.53 Å². The van der Waals surface area contributed by atoms with Crippen LogP contribution in [0.5, 0.6) is 0 Å². The van der Waals surface area contributed by atoms with Crippen LogP contribution in [-0.4, -0.2) is 12.8 Å². The molecule has 2 heterocycles. The Morgan fingerprint density at radius 1 is 1.25 bits per heavy atom. The lowest BCUT2D eigenvalue weighted by atomic mass is 9.95. The van der Waals surface area contributed by atoms with Crippen molar-refractivity contribution in [2.24, 2.45) is 0 Å². The van der Waals surface area contributed by atoms with Crippen LogP contribution in [0.4, 0.5) is 0 Å². The van der Waals surface area contributed by atoms with Crippen LogP contribution < -0.4 is 5.32 Å². The van der Waals surface area contributed by atoms with E-state index in [2.05, 4.69) is 5.32 Å². The number of aryl methyl sites for hydroxylation is 1. The van der Waals surface area contributed by atoms with E-state index in [4.69, 9.17) is 4.74 Å². The second-order valence-corrected chi connectivity index (χ2v) is 5.47. The van der Waals surface area contributed by atoms with Gasteiger partial charge in [0, 0.05) is 12.6 Å². The summed E-state index contributed by atoms with van der Waals surface area (Å²) in [6, 6.07) is 9.80. The van der Waals surface area contributed by atoms with Gasteiger partial charge >= 0.3 is 0 Å². The van der Waals surface area contributed by atoms with Crippen molar-refractivity contribution in [2.75, 3.05) is 7.05 Å². The van der Waals surface area contributed by atoms with Gasteiger partial charge in [0.25, 0.3) is 0 Å². The van der Waals surface area contributed by atoms with Gasteiger partial charge in [-0.3, -0.25) is 4.79 Å². The molecule has 4 heteroatoms. The van der Waals surface area contributed by atoms with E-state index in [1.807, 2.05) is 48.0 Å². The average molecular weight is 285 g/mol. The molecule has 0 saturated carbocycles. The molecule has 0 fully saturated rings. The molecule has 1 atom stereocenters. The van der Waals surface area contributed by atoms with E-state index in [1.54, 1.807) is 18.4 Å². The quantitative estimate of drug-likeness (QED) is 0.940. The molecule has 0 aliphatic carbocycles. The predicted octanol–water partition coefficient (Wildman–Crippen LogP) is 3.29. The van der Waals surface area contributed by atoms with Crippen molar-refractivity contribution in [1.29, 1.82) is 0 Å². The summed E-state index contributed by atoms with van der Waals surface area (Å²) >= 11 is 1.57. The zero-order valence-corrected chi connectivity index (χ0v) is 12.2. The number of Topliss-reactive ketones (excluding diaryl/α,β-unsaturated/α-hetero) is 1. The molecule has 0 amide bonds. The number of nitrogens with one attached hydrogen (secondary N) is 1. The second kappa shape index (κ2) is 5.13. The monoisotopic (exact) mass is 285 g/mol. The largest absolute Gasteiger partial charge is 0.462 e. The van der Waals surface area contributed by atoms with Crippen molar-refractivity contribution in [1.82, 2.24) is 5.32 Å². The topological polar surface area (TPSA) is 38.3 Å². The Kier molecular flexibility index (Phi) is 3.32. The van der Waals surface area contributed by atoms with Crippen molar-refractivity contribution in [3.63, 3.8) is 0 Å². The molecule has 1 aromatic carbocycles. The van der Waals surface area contributed by atoms with Gasteiger partial charge in [0.15, 0.2) is 12.0 Å². The molecular formula is C16H15NO2S. The molecule has 0 bridgehead atoms. The first-order chi connectivity index (χ1) is 9.72. The lowest BCUT2D eigenvalue weighted by molar-refractivity contribution is -0.120. The Morgan fingerprint density at radius 3 is 2.70 bits per heavy atom. The molecule has 20 heavy (non-hydrogen) atoms. The molecule has 1 aliphatic rings. The van der Waals surface area contributed by atoms with E-state index in [0.717, 1.165) is 16.7 Å². The molecule has 0 saturated heterocycles. The van der Waals surface area contributed by atoms with Crippen LogP contribution in [0.3, 0.4) is 0 Å². The van der Waals surface area contributed by atoms with Crippen LogP contribution in [0, 0.1) is 6.92 Å². The van der Waals surface area contributed by atoms with E-state index in [1.165, 1.54) is 0 Å². The maximum absolute atomic E-state index is 12.7. The standard InChI is InChI=1S/C16H15NO2S/c1-10-5-3-4-6-12(10)13-14(18)15(19-16(13)17-2)11-7-8-20-9-11/h3-9,15,17H,1-2H3. The lowest BCUT2D eigenvalue weighted by Gasteiger charge is -2.09. The van der Waals surface area contributed by atoms with E-state index in [9.17, 15) is 4.79 Å². The fourth-order valence-electron chi connectivity index (χ4n) is 2.41. The summed E-state index contributed by atoms with van der Waals surface area (Å²) < 4.78 is 5.81. The third-order valence-corrected chi connectivity index (χ3v) is 4.14. The molecule has 1 aliphatic heterocycles. The minimum Gasteiger partial charge on any atom is -0.462 e. The smallest absolute Gasteiger partial charge is 0.214 e. The first-order valence-corrected chi connectivity index (χ1v) is 7.37. The van der Waals surface area contributed by atoms with Gasteiger partial charge in [0.05, 0.1) is 5.57 Å². The Labute approximate surface area is 121 Å². The zero-order chi connectivity index (χ0) is 14.1. The SMILES string of the molecule is CNC1=C(c2ccccc2C)C(=O)C(c2ccsc2)O1. The molecular weight excluding hydrogens is 270 g/mol. The van der Waals surface area contributed by atoms with E-state index in [0.29, 0.717) is 11.5 Å². The summed E-state index contributed by atoms with van der Waals surface area (Å²) in [6.45, 7) is 2.00. The fraction of sp³-hybridized carbons (Fsp3) is 0.188. The van der Waals surface area contributed by atoms with Crippen molar-refractivity contribution >= 4 is 22.7 Å². The number of ether oxygens (including phenoxy) is 1. The van der Waals surface area contributed by atoms with Crippen molar-refractivity contribution in [2.45, 2.75) is 13.0 Å². The highest BCUT2D eigenvalue weighted by molar-refractivity contribution is 7.08. The maximum Gasteiger partial charge on any atom is 0.214 e. The predicted molar refractivity (Wildman–Crippen MR) is 80.3 cm³/mol. The van der Waals surface area contributed by atoms with Crippen LogP contribution in [0.15, 0.2) is 47.0 Å². The highest BCUT2D eigenvalue weighted by Crippen LogP contribution is 2.38. The summed E-state index contributed by atoms with van der Waals surface area (Å²) in [5, 5.41) is 6.91. The van der Waals surface area contributed by atoms with Gasteiger partial charge in [-0.25, -0.2) is 0 Å².